The number of hydrogen-bond donors (Lipinski definition) is 3. The number of hydrogen-bond acceptors (Lipinski definition) is 7. The molecule has 9 nitrogen and oxygen atoms in total. The maximum atomic E-state index is 11.2. The molecule has 3 N–H and O–H groups in total. The van der Waals surface area contributed by atoms with Gasteiger partial charge in [0, 0.05) is 25.3 Å². The fourth-order valence-corrected chi connectivity index (χ4v) is 3.74. The third kappa shape index (κ3) is 3.40. The molecule has 1 fully saturated rings. The predicted octanol–water partition coefficient (Wildman–Crippen LogP) is 2.79. The highest BCUT2D eigenvalue weighted by atomic mass is 32.1. The zero-order chi connectivity index (χ0) is 18.1. The monoisotopic (exact) mass is 373 g/mol. The topological polar surface area (TPSA) is 108 Å². The van der Waals surface area contributed by atoms with Crippen LogP contribution in [0.3, 0.4) is 0 Å². The van der Waals surface area contributed by atoms with E-state index in [0.717, 1.165) is 29.1 Å². The summed E-state index contributed by atoms with van der Waals surface area (Å²) < 4.78 is 6.00. The number of anilines is 3. The summed E-state index contributed by atoms with van der Waals surface area (Å²) in [5, 5.41) is 21.1. The van der Waals surface area contributed by atoms with Crippen LogP contribution < -0.4 is 10.6 Å². The normalized spacial score (nSPS) is 17.4. The SMILES string of the molecule is Cc1cc(Nc2nc(NC3CCCN(C(=O)O)C3)c3cccn3n2)sn1. The molecular formula is C16H19N7O2S. The van der Waals surface area contributed by atoms with Crippen molar-refractivity contribution in [3.05, 3.63) is 30.1 Å². The minimum atomic E-state index is -0.880. The van der Waals surface area contributed by atoms with Gasteiger partial charge in [-0.2, -0.15) is 9.36 Å². The highest BCUT2D eigenvalue weighted by Gasteiger charge is 2.24. The number of amides is 1. The van der Waals surface area contributed by atoms with E-state index in [1.165, 1.54) is 16.4 Å². The van der Waals surface area contributed by atoms with E-state index in [9.17, 15) is 9.90 Å². The van der Waals surface area contributed by atoms with E-state index in [1.54, 1.807) is 4.52 Å². The van der Waals surface area contributed by atoms with Gasteiger partial charge in [0.25, 0.3) is 0 Å². The molecule has 1 aliphatic rings. The van der Waals surface area contributed by atoms with E-state index in [1.807, 2.05) is 31.3 Å². The number of carbonyl (C=O) groups is 1. The molecule has 4 rings (SSSR count). The first-order valence-electron chi connectivity index (χ1n) is 8.38. The van der Waals surface area contributed by atoms with Crippen LogP contribution in [0, 0.1) is 6.92 Å². The van der Waals surface area contributed by atoms with E-state index in [4.69, 9.17) is 0 Å². The molecule has 0 bridgehead atoms. The fraction of sp³-hybridized carbons (Fsp3) is 0.375. The van der Waals surface area contributed by atoms with Gasteiger partial charge in [-0.25, -0.2) is 9.31 Å². The average molecular weight is 373 g/mol. The van der Waals surface area contributed by atoms with Crippen molar-refractivity contribution >= 4 is 39.9 Å². The number of aromatic nitrogens is 4. The molecule has 0 aromatic carbocycles. The Balaban J connectivity index is 1.59. The summed E-state index contributed by atoms with van der Waals surface area (Å²) in [6.45, 7) is 2.96. The first-order chi connectivity index (χ1) is 12.6. The van der Waals surface area contributed by atoms with Gasteiger partial charge in [-0.1, -0.05) is 0 Å². The molecular weight excluding hydrogens is 354 g/mol. The summed E-state index contributed by atoms with van der Waals surface area (Å²) in [5.41, 5.74) is 1.79. The lowest BCUT2D eigenvalue weighted by Crippen LogP contribution is -2.44. The number of piperidine rings is 1. The number of aryl methyl sites for hydroxylation is 1. The van der Waals surface area contributed by atoms with Crippen molar-refractivity contribution in [1.29, 1.82) is 0 Å². The molecule has 0 spiro atoms. The number of fused-ring (bicyclic) bond motifs is 1. The summed E-state index contributed by atoms with van der Waals surface area (Å²) in [5.74, 6) is 1.15. The van der Waals surface area contributed by atoms with Crippen molar-refractivity contribution in [3.63, 3.8) is 0 Å². The Labute approximate surface area is 153 Å². The molecule has 1 saturated heterocycles. The molecule has 4 heterocycles. The molecule has 0 aliphatic carbocycles. The average Bonchev–Trinajstić information content (AvgIpc) is 3.24. The summed E-state index contributed by atoms with van der Waals surface area (Å²) >= 11 is 1.35. The van der Waals surface area contributed by atoms with Crippen LogP contribution in [-0.2, 0) is 0 Å². The van der Waals surface area contributed by atoms with Gasteiger partial charge in [-0.3, -0.25) is 0 Å². The smallest absolute Gasteiger partial charge is 0.407 e. The lowest BCUT2D eigenvalue weighted by atomic mass is 10.1. The van der Waals surface area contributed by atoms with Gasteiger partial charge in [-0.05, 0) is 49.5 Å². The number of nitrogens with one attached hydrogen (secondary N) is 2. The van der Waals surface area contributed by atoms with Crippen molar-refractivity contribution in [2.45, 2.75) is 25.8 Å². The zero-order valence-electron chi connectivity index (χ0n) is 14.2. The van der Waals surface area contributed by atoms with Crippen LogP contribution in [0.25, 0.3) is 5.52 Å². The second-order valence-corrected chi connectivity index (χ2v) is 7.10. The standard InChI is InChI=1S/C16H19N7O2S/c1-10-8-13(26-21-10)18-15-19-14(12-5-3-7-23(12)20-15)17-11-4-2-6-22(9-11)16(24)25/h3,5,7-8,11H,2,4,6,9H2,1H3,(H,24,25)(H2,17,18,19,20). The van der Waals surface area contributed by atoms with E-state index in [0.29, 0.717) is 24.9 Å². The van der Waals surface area contributed by atoms with Crippen LogP contribution >= 0.6 is 11.5 Å². The van der Waals surface area contributed by atoms with Gasteiger partial charge in [0.1, 0.15) is 10.5 Å². The number of likely N-dealkylation sites (tertiary alicyclic amines) is 1. The van der Waals surface area contributed by atoms with Gasteiger partial charge in [0.05, 0.1) is 5.69 Å². The first kappa shape index (κ1) is 16.6. The van der Waals surface area contributed by atoms with Gasteiger partial charge in [0.15, 0.2) is 5.82 Å². The second kappa shape index (κ2) is 6.79. The van der Waals surface area contributed by atoms with Crippen molar-refractivity contribution in [2.24, 2.45) is 0 Å². The van der Waals surface area contributed by atoms with Gasteiger partial charge in [-0.15, -0.1) is 5.10 Å². The Bertz CT molecular complexity index is 938. The number of carboxylic acid groups (broad SMARTS) is 1. The van der Waals surface area contributed by atoms with Crippen molar-refractivity contribution < 1.29 is 9.90 Å². The quantitative estimate of drug-likeness (QED) is 0.645. The Kier molecular flexibility index (Phi) is 4.33. The molecule has 0 radical (unpaired) electrons. The number of nitrogens with zero attached hydrogens (tertiary/aromatic N) is 5. The van der Waals surface area contributed by atoms with Crippen molar-refractivity contribution in [2.75, 3.05) is 23.7 Å². The highest BCUT2D eigenvalue weighted by molar-refractivity contribution is 7.10. The van der Waals surface area contributed by atoms with E-state index < -0.39 is 6.09 Å². The zero-order valence-corrected chi connectivity index (χ0v) is 15.0. The third-order valence-corrected chi connectivity index (χ3v) is 5.08. The molecule has 10 heteroatoms. The Hall–Kier alpha value is -2.88. The summed E-state index contributed by atoms with van der Waals surface area (Å²) in [7, 11) is 0. The lowest BCUT2D eigenvalue weighted by molar-refractivity contribution is 0.133. The van der Waals surface area contributed by atoms with Gasteiger partial charge < -0.3 is 20.6 Å². The van der Waals surface area contributed by atoms with Gasteiger partial charge >= 0.3 is 6.09 Å². The van der Waals surface area contributed by atoms with Crippen molar-refractivity contribution in [3.8, 4) is 0 Å². The molecule has 3 aromatic rings. The molecule has 1 atom stereocenters. The Morgan fingerprint density at radius 3 is 3.12 bits per heavy atom. The van der Waals surface area contributed by atoms with E-state index >= 15 is 0 Å². The molecule has 26 heavy (non-hydrogen) atoms. The van der Waals surface area contributed by atoms with Crippen LogP contribution in [0.2, 0.25) is 0 Å². The van der Waals surface area contributed by atoms with Crippen LogP contribution in [0.1, 0.15) is 18.5 Å². The summed E-state index contributed by atoms with van der Waals surface area (Å²) in [6, 6.07) is 5.79. The van der Waals surface area contributed by atoms with Crippen LogP contribution in [0.5, 0.6) is 0 Å². The largest absolute Gasteiger partial charge is 0.465 e. The third-order valence-electron chi connectivity index (χ3n) is 4.29. The summed E-state index contributed by atoms with van der Waals surface area (Å²) in [4.78, 5) is 17.3. The van der Waals surface area contributed by atoms with Crippen LogP contribution in [0.15, 0.2) is 24.4 Å². The highest BCUT2D eigenvalue weighted by Crippen LogP contribution is 2.24. The summed E-state index contributed by atoms with van der Waals surface area (Å²) in [6.07, 6.45) is 2.71. The van der Waals surface area contributed by atoms with E-state index in [-0.39, 0.29) is 6.04 Å². The predicted molar refractivity (Wildman–Crippen MR) is 99.4 cm³/mol. The van der Waals surface area contributed by atoms with Crippen LogP contribution in [-0.4, -0.2) is 54.2 Å². The molecule has 1 aliphatic heterocycles. The van der Waals surface area contributed by atoms with Crippen molar-refractivity contribution in [1.82, 2.24) is 23.9 Å². The second-order valence-electron chi connectivity index (χ2n) is 6.29. The Morgan fingerprint density at radius 1 is 1.46 bits per heavy atom. The molecule has 3 aromatic heterocycles. The Morgan fingerprint density at radius 2 is 2.35 bits per heavy atom. The van der Waals surface area contributed by atoms with Crippen LogP contribution in [0.4, 0.5) is 21.6 Å². The minimum absolute atomic E-state index is 0.0203. The molecule has 0 saturated carbocycles. The first-order valence-corrected chi connectivity index (χ1v) is 9.16. The minimum Gasteiger partial charge on any atom is -0.465 e. The molecule has 1 unspecified atom stereocenters. The maximum absolute atomic E-state index is 11.2. The maximum Gasteiger partial charge on any atom is 0.407 e. The molecule has 1 amide bonds. The lowest BCUT2D eigenvalue weighted by Gasteiger charge is -2.31. The van der Waals surface area contributed by atoms with E-state index in [2.05, 4.69) is 25.1 Å². The molecule has 136 valence electrons. The number of rotatable bonds is 4. The van der Waals surface area contributed by atoms with Gasteiger partial charge in [0.2, 0.25) is 5.95 Å². The fourth-order valence-electron chi connectivity index (χ4n) is 3.09.